The summed E-state index contributed by atoms with van der Waals surface area (Å²) in [6.45, 7) is 8.97. The first-order valence-electron chi connectivity index (χ1n) is 16.1. The zero-order chi connectivity index (χ0) is 35.2. The Morgan fingerprint density at radius 3 is 2.33 bits per heavy atom. The molecule has 5 rings (SSSR count). The summed E-state index contributed by atoms with van der Waals surface area (Å²) in [5.41, 5.74) is -0.210. The molecule has 0 radical (unpaired) electrons. The third-order valence-electron chi connectivity index (χ3n) is 8.10. The van der Waals surface area contributed by atoms with Crippen LogP contribution in [0.4, 0.5) is 21.9 Å². The molecule has 0 aromatic heterocycles. The minimum Gasteiger partial charge on any atom is -0.456 e. The Morgan fingerprint density at radius 1 is 0.980 bits per heavy atom. The molecule has 14 nitrogen and oxygen atoms in total. The lowest BCUT2D eigenvalue weighted by molar-refractivity contribution is -0.384. The maximum Gasteiger partial charge on any atom is 0.410 e. The lowest BCUT2D eigenvalue weighted by Crippen LogP contribution is -2.50. The molecule has 0 spiro atoms. The fourth-order valence-electron chi connectivity index (χ4n) is 5.49. The number of nitrogens with one attached hydrogen (secondary N) is 2. The number of nitro groups is 1. The Morgan fingerprint density at radius 2 is 1.67 bits per heavy atom. The van der Waals surface area contributed by atoms with E-state index in [0.717, 1.165) is 18.9 Å². The van der Waals surface area contributed by atoms with Crippen molar-refractivity contribution in [3.63, 3.8) is 0 Å². The summed E-state index contributed by atoms with van der Waals surface area (Å²) in [5, 5.41) is 15.0. The Hall–Kier alpha value is -4.89. The topological polar surface area (TPSA) is 170 Å². The summed E-state index contributed by atoms with van der Waals surface area (Å²) in [6, 6.07) is 17.0. The van der Waals surface area contributed by atoms with Gasteiger partial charge in [0.15, 0.2) is 0 Å². The second kappa shape index (κ2) is 15.1. The van der Waals surface area contributed by atoms with Crippen LogP contribution in [0.3, 0.4) is 0 Å². The number of amides is 2. The second-order valence-electron chi connectivity index (χ2n) is 12.9. The van der Waals surface area contributed by atoms with E-state index in [4.69, 9.17) is 14.2 Å². The molecule has 2 amide bonds. The van der Waals surface area contributed by atoms with E-state index in [2.05, 4.69) is 5.32 Å². The fourth-order valence-corrected chi connectivity index (χ4v) is 6.47. The van der Waals surface area contributed by atoms with Gasteiger partial charge < -0.3 is 29.3 Å². The van der Waals surface area contributed by atoms with E-state index in [9.17, 15) is 28.1 Å². The molecule has 2 heterocycles. The molecular weight excluding hydrogens is 654 g/mol. The van der Waals surface area contributed by atoms with Gasteiger partial charge in [0.25, 0.3) is 21.6 Å². The van der Waals surface area contributed by atoms with Gasteiger partial charge in [0.2, 0.25) is 0 Å². The zero-order valence-electron chi connectivity index (χ0n) is 27.7. The Labute approximate surface area is 285 Å². The van der Waals surface area contributed by atoms with Crippen molar-refractivity contribution in [1.82, 2.24) is 9.62 Å². The van der Waals surface area contributed by atoms with Crippen molar-refractivity contribution in [2.24, 2.45) is 5.92 Å². The van der Waals surface area contributed by atoms with E-state index >= 15 is 0 Å². The van der Waals surface area contributed by atoms with Gasteiger partial charge in [-0.15, -0.1) is 0 Å². The van der Waals surface area contributed by atoms with Crippen LogP contribution in [0.2, 0.25) is 0 Å². The van der Waals surface area contributed by atoms with Gasteiger partial charge in [-0.25, -0.2) is 17.9 Å². The molecule has 2 N–H and O–H groups in total. The number of nitro benzene ring substituents is 1. The van der Waals surface area contributed by atoms with E-state index < -0.39 is 37.0 Å². The molecule has 0 aliphatic carbocycles. The molecule has 0 atom stereocenters. The van der Waals surface area contributed by atoms with E-state index in [1.165, 1.54) is 18.2 Å². The van der Waals surface area contributed by atoms with Gasteiger partial charge in [-0.1, -0.05) is 18.2 Å². The number of carbonyl (C=O) groups excluding carboxylic acids is 2. The number of anilines is 2. The Kier molecular flexibility index (Phi) is 10.9. The first-order valence-corrected chi connectivity index (χ1v) is 17.5. The first kappa shape index (κ1) is 35.4. The highest BCUT2D eigenvalue weighted by Gasteiger charge is 2.29. The van der Waals surface area contributed by atoms with Crippen LogP contribution < -0.4 is 19.7 Å². The van der Waals surface area contributed by atoms with Gasteiger partial charge in [-0.2, -0.15) is 0 Å². The number of para-hydroxylation sites is 1. The van der Waals surface area contributed by atoms with Gasteiger partial charge in [-0.3, -0.25) is 14.9 Å². The quantitative estimate of drug-likeness (QED) is 0.206. The van der Waals surface area contributed by atoms with Crippen LogP contribution in [-0.2, 0) is 19.5 Å². The molecule has 2 aliphatic rings. The summed E-state index contributed by atoms with van der Waals surface area (Å²) in [6.07, 6.45) is 1.25. The van der Waals surface area contributed by atoms with Gasteiger partial charge in [0, 0.05) is 63.8 Å². The number of rotatable bonds is 10. The number of sulfonamides is 1. The van der Waals surface area contributed by atoms with Crippen molar-refractivity contribution in [2.75, 3.05) is 56.2 Å². The van der Waals surface area contributed by atoms with Crippen LogP contribution in [0.15, 0.2) is 71.6 Å². The molecule has 262 valence electrons. The monoisotopic (exact) mass is 695 g/mol. The molecule has 0 bridgehead atoms. The maximum atomic E-state index is 13.5. The van der Waals surface area contributed by atoms with Crippen LogP contribution in [0.5, 0.6) is 11.5 Å². The summed E-state index contributed by atoms with van der Waals surface area (Å²) in [7, 11) is -4.53. The summed E-state index contributed by atoms with van der Waals surface area (Å²) in [5.74, 6) is -0.177. The van der Waals surface area contributed by atoms with Crippen molar-refractivity contribution in [1.29, 1.82) is 0 Å². The Balaban J connectivity index is 1.34. The summed E-state index contributed by atoms with van der Waals surface area (Å²) in [4.78, 5) is 40.5. The summed E-state index contributed by atoms with van der Waals surface area (Å²) >= 11 is 0. The van der Waals surface area contributed by atoms with E-state index in [1.54, 1.807) is 47.4 Å². The van der Waals surface area contributed by atoms with Gasteiger partial charge in [0.1, 0.15) is 22.8 Å². The molecule has 2 aliphatic heterocycles. The zero-order valence-corrected chi connectivity index (χ0v) is 28.5. The molecule has 0 unspecified atom stereocenters. The Bertz CT molecular complexity index is 1770. The number of benzene rings is 3. The minimum atomic E-state index is -4.53. The number of piperazine rings is 1. The highest BCUT2D eigenvalue weighted by molar-refractivity contribution is 7.90. The smallest absolute Gasteiger partial charge is 0.410 e. The molecule has 3 aromatic carbocycles. The van der Waals surface area contributed by atoms with Crippen LogP contribution >= 0.6 is 0 Å². The average Bonchev–Trinajstić information content (AvgIpc) is 3.07. The molecule has 49 heavy (non-hydrogen) atoms. The van der Waals surface area contributed by atoms with Crippen LogP contribution in [0.1, 0.15) is 44.0 Å². The van der Waals surface area contributed by atoms with E-state index in [0.29, 0.717) is 57.4 Å². The lowest BCUT2D eigenvalue weighted by Gasteiger charge is -2.37. The SMILES string of the molecule is CC(C)(C)OC(=O)N1CCN(c2ccc(C(=O)NS(=O)(=O)c3ccc(NCC4CCOCC4)c([N+](=O)[O-])c3)c(Oc3ccccc3)c2)CC1. The fraction of sp³-hybridized carbons (Fsp3) is 0.412. The second-order valence-corrected chi connectivity index (χ2v) is 14.5. The predicted molar refractivity (Wildman–Crippen MR) is 183 cm³/mol. The minimum absolute atomic E-state index is 0.0622. The standard InChI is InChI=1S/C34H41N5O9S/c1-34(2,3)48-33(41)38-17-15-37(16-18-38)25-9-11-28(31(21-25)47-26-7-5-4-6-8-26)32(40)36-49(44,45)27-10-12-29(30(22-27)39(42)43)35-23-24-13-19-46-20-14-24/h4-12,21-22,24,35H,13-20,23H2,1-3H3,(H,36,40). The third-order valence-corrected chi connectivity index (χ3v) is 9.43. The van der Waals surface area contributed by atoms with Crippen LogP contribution in [0.25, 0.3) is 0 Å². The predicted octanol–water partition coefficient (Wildman–Crippen LogP) is 5.40. The largest absolute Gasteiger partial charge is 0.456 e. The average molecular weight is 696 g/mol. The van der Waals surface area contributed by atoms with Crippen molar-refractivity contribution < 1.29 is 37.1 Å². The third kappa shape index (κ3) is 9.38. The number of hydrogen-bond acceptors (Lipinski definition) is 11. The number of hydrogen-bond donors (Lipinski definition) is 2. The van der Waals surface area contributed by atoms with Crippen molar-refractivity contribution in [2.45, 2.75) is 44.1 Å². The molecular formula is C34H41N5O9S. The normalized spacial score (nSPS) is 15.7. The molecule has 2 saturated heterocycles. The molecule has 2 fully saturated rings. The van der Waals surface area contributed by atoms with Crippen molar-refractivity contribution in [3.8, 4) is 11.5 Å². The number of ether oxygens (including phenoxy) is 3. The summed E-state index contributed by atoms with van der Waals surface area (Å²) < 4.78 is 45.7. The van der Waals surface area contributed by atoms with E-state index in [1.807, 2.05) is 30.4 Å². The van der Waals surface area contributed by atoms with Gasteiger partial charge in [-0.05, 0) is 75.9 Å². The first-order chi connectivity index (χ1) is 23.3. The lowest BCUT2D eigenvalue weighted by atomic mass is 10.0. The highest BCUT2D eigenvalue weighted by atomic mass is 32.2. The molecule has 15 heteroatoms. The number of nitrogens with zero attached hydrogens (tertiary/aromatic N) is 3. The van der Waals surface area contributed by atoms with Crippen LogP contribution in [-0.4, -0.2) is 81.8 Å². The van der Waals surface area contributed by atoms with Crippen LogP contribution in [0, 0.1) is 16.0 Å². The van der Waals surface area contributed by atoms with Crippen molar-refractivity contribution >= 4 is 39.1 Å². The molecule has 0 saturated carbocycles. The highest BCUT2D eigenvalue weighted by Crippen LogP contribution is 2.32. The number of carbonyl (C=O) groups is 2. The molecule has 3 aromatic rings. The van der Waals surface area contributed by atoms with Gasteiger partial charge in [0.05, 0.1) is 15.4 Å². The van der Waals surface area contributed by atoms with Crippen molar-refractivity contribution in [3.05, 3.63) is 82.4 Å². The maximum absolute atomic E-state index is 13.5. The van der Waals surface area contributed by atoms with E-state index in [-0.39, 0.29) is 29.0 Å². The van der Waals surface area contributed by atoms with Gasteiger partial charge >= 0.3 is 6.09 Å².